The zero-order valence-electron chi connectivity index (χ0n) is 14.1. The maximum Gasteiger partial charge on any atom is 0.207 e. The number of fused-ring (bicyclic) bond motifs is 6. The summed E-state index contributed by atoms with van der Waals surface area (Å²) in [6.07, 6.45) is 0. The van der Waals surface area contributed by atoms with Crippen LogP contribution in [0, 0.1) is 13.8 Å². The first kappa shape index (κ1) is 15.8. The van der Waals surface area contributed by atoms with Crippen LogP contribution in [0.3, 0.4) is 0 Å². The van der Waals surface area contributed by atoms with Crippen LogP contribution >= 0.6 is 0 Å². The summed E-state index contributed by atoms with van der Waals surface area (Å²) in [6, 6.07) is 13.4. The van der Waals surface area contributed by atoms with Gasteiger partial charge in [-0.1, -0.05) is 35.4 Å². The van der Waals surface area contributed by atoms with Gasteiger partial charge in [-0.05, 0) is 38.1 Å². The Labute approximate surface area is 152 Å². The molecule has 0 spiro atoms. The van der Waals surface area contributed by atoms with E-state index >= 15 is 0 Å². The van der Waals surface area contributed by atoms with E-state index in [9.17, 15) is 16.8 Å². The highest BCUT2D eigenvalue weighted by atomic mass is 32.2. The van der Waals surface area contributed by atoms with Crippen molar-refractivity contribution in [3.8, 4) is 22.3 Å². The minimum atomic E-state index is -3.71. The third-order valence-electron chi connectivity index (χ3n) is 5.09. The molecule has 3 aromatic carbocycles. The van der Waals surface area contributed by atoms with Gasteiger partial charge in [0, 0.05) is 22.3 Å². The summed E-state index contributed by atoms with van der Waals surface area (Å²) in [5, 5.41) is 0. The highest BCUT2D eigenvalue weighted by Gasteiger charge is 2.39. The van der Waals surface area contributed by atoms with Crippen molar-refractivity contribution in [2.45, 2.75) is 33.4 Å². The van der Waals surface area contributed by atoms with E-state index in [1.54, 1.807) is 30.3 Å². The van der Waals surface area contributed by atoms with Crippen LogP contribution in [0.1, 0.15) is 11.1 Å². The first-order chi connectivity index (χ1) is 12.2. The Kier molecular flexibility index (Phi) is 2.81. The highest BCUT2D eigenvalue weighted by molar-refractivity contribution is 7.93. The third-order valence-corrected chi connectivity index (χ3v) is 8.79. The quantitative estimate of drug-likeness (QED) is 0.407. The molecule has 0 fully saturated rings. The molecule has 2 heterocycles. The zero-order chi connectivity index (χ0) is 18.4. The lowest BCUT2D eigenvalue weighted by Gasteiger charge is -2.05. The van der Waals surface area contributed by atoms with E-state index < -0.39 is 19.7 Å². The van der Waals surface area contributed by atoms with Gasteiger partial charge in [0.05, 0.1) is 19.6 Å². The Morgan fingerprint density at radius 2 is 0.885 bits per heavy atom. The molecule has 0 radical (unpaired) electrons. The van der Waals surface area contributed by atoms with Crippen molar-refractivity contribution >= 4 is 19.7 Å². The Bertz CT molecular complexity index is 1260. The average molecular weight is 382 g/mol. The second kappa shape index (κ2) is 4.64. The molecule has 0 unspecified atom stereocenters. The van der Waals surface area contributed by atoms with E-state index in [2.05, 4.69) is 0 Å². The van der Waals surface area contributed by atoms with Crippen LogP contribution in [0.25, 0.3) is 22.3 Å². The second-order valence-electron chi connectivity index (χ2n) is 6.85. The Morgan fingerprint density at radius 1 is 0.500 bits per heavy atom. The molecule has 0 amide bonds. The number of hydrogen-bond acceptors (Lipinski definition) is 4. The van der Waals surface area contributed by atoms with Crippen molar-refractivity contribution < 1.29 is 16.8 Å². The van der Waals surface area contributed by atoms with Gasteiger partial charge in [-0.15, -0.1) is 0 Å². The van der Waals surface area contributed by atoms with Crippen molar-refractivity contribution in [2.75, 3.05) is 0 Å². The van der Waals surface area contributed by atoms with Crippen LogP contribution in [0.2, 0.25) is 0 Å². The largest absolute Gasteiger partial charge is 0.218 e. The minimum Gasteiger partial charge on any atom is -0.218 e. The lowest BCUT2D eigenvalue weighted by atomic mass is 9.97. The SMILES string of the molecule is Cc1ccc2c(c1)-c1cc3c(cc1S2(=O)=O)S(=O)(=O)c1ccc(C)cc1-3. The Balaban J connectivity index is 1.94. The summed E-state index contributed by atoms with van der Waals surface area (Å²) in [6.45, 7) is 3.81. The predicted molar refractivity (Wildman–Crippen MR) is 97.7 cm³/mol. The second-order valence-corrected chi connectivity index (χ2v) is 10.6. The first-order valence-electron chi connectivity index (χ1n) is 8.11. The van der Waals surface area contributed by atoms with Gasteiger partial charge >= 0.3 is 0 Å². The molecule has 0 bridgehead atoms. The lowest BCUT2D eigenvalue weighted by molar-refractivity contribution is 0.597. The van der Waals surface area contributed by atoms with Crippen LogP contribution in [0.4, 0.5) is 0 Å². The molecule has 3 aromatic rings. The molecular weight excluding hydrogens is 368 g/mol. The number of rotatable bonds is 0. The van der Waals surface area contributed by atoms with Gasteiger partial charge in [-0.2, -0.15) is 0 Å². The number of benzene rings is 3. The number of aryl methyl sites for hydroxylation is 2. The Morgan fingerprint density at radius 3 is 1.31 bits per heavy atom. The molecule has 26 heavy (non-hydrogen) atoms. The van der Waals surface area contributed by atoms with E-state index in [-0.39, 0.29) is 19.6 Å². The number of hydrogen-bond donors (Lipinski definition) is 0. The van der Waals surface area contributed by atoms with Crippen molar-refractivity contribution in [2.24, 2.45) is 0 Å². The van der Waals surface area contributed by atoms with Gasteiger partial charge in [0.25, 0.3) is 0 Å². The molecule has 2 aliphatic heterocycles. The molecule has 0 aromatic heterocycles. The summed E-state index contributed by atoms with van der Waals surface area (Å²) in [7, 11) is -7.43. The van der Waals surface area contributed by atoms with Crippen molar-refractivity contribution in [3.05, 3.63) is 59.7 Å². The average Bonchev–Trinajstić information content (AvgIpc) is 2.93. The van der Waals surface area contributed by atoms with Crippen LogP contribution < -0.4 is 0 Å². The van der Waals surface area contributed by atoms with Crippen LogP contribution in [0.5, 0.6) is 0 Å². The monoisotopic (exact) mass is 382 g/mol. The lowest BCUT2D eigenvalue weighted by Crippen LogP contribution is -2.00. The minimum absolute atomic E-state index is 0.0740. The molecule has 0 atom stereocenters. The fraction of sp³-hybridized carbons (Fsp3) is 0.100. The molecule has 6 heteroatoms. The van der Waals surface area contributed by atoms with Gasteiger partial charge in [-0.3, -0.25) is 0 Å². The van der Waals surface area contributed by atoms with Gasteiger partial charge in [0.15, 0.2) is 0 Å². The van der Waals surface area contributed by atoms with E-state index in [1.807, 2.05) is 26.0 Å². The van der Waals surface area contributed by atoms with E-state index in [0.29, 0.717) is 22.3 Å². The number of sulfone groups is 2. The Hall–Kier alpha value is -2.44. The van der Waals surface area contributed by atoms with E-state index in [0.717, 1.165) is 11.1 Å². The van der Waals surface area contributed by atoms with Gasteiger partial charge in [0.1, 0.15) is 0 Å². The molecular formula is C20H14O4S2. The fourth-order valence-corrected chi connectivity index (χ4v) is 7.26. The summed E-state index contributed by atoms with van der Waals surface area (Å²) in [5.41, 5.74) is 4.34. The molecule has 2 aliphatic rings. The van der Waals surface area contributed by atoms with E-state index in [1.165, 1.54) is 6.07 Å². The maximum atomic E-state index is 12.9. The fourth-order valence-electron chi connectivity index (χ4n) is 3.84. The maximum absolute atomic E-state index is 12.9. The molecule has 0 aliphatic carbocycles. The smallest absolute Gasteiger partial charge is 0.207 e. The summed E-state index contributed by atoms with van der Waals surface area (Å²) >= 11 is 0. The van der Waals surface area contributed by atoms with E-state index in [4.69, 9.17) is 0 Å². The first-order valence-corrected chi connectivity index (χ1v) is 11.1. The molecule has 0 N–H and O–H groups in total. The summed E-state index contributed by atoms with van der Waals surface area (Å²) in [4.78, 5) is 0.627. The van der Waals surface area contributed by atoms with Crippen molar-refractivity contribution in [1.82, 2.24) is 0 Å². The molecule has 0 saturated carbocycles. The predicted octanol–water partition coefficient (Wildman–Crippen LogP) is 3.93. The van der Waals surface area contributed by atoms with Gasteiger partial charge < -0.3 is 0 Å². The topological polar surface area (TPSA) is 68.3 Å². The van der Waals surface area contributed by atoms with Crippen molar-refractivity contribution in [3.63, 3.8) is 0 Å². The normalized spacial score (nSPS) is 17.3. The van der Waals surface area contributed by atoms with Gasteiger partial charge in [-0.25, -0.2) is 16.8 Å². The zero-order valence-corrected chi connectivity index (χ0v) is 15.7. The van der Waals surface area contributed by atoms with Crippen LogP contribution in [-0.4, -0.2) is 16.8 Å². The van der Waals surface area contributed by atoms with Crippen LogP contribution in [-0.2, 0) is 19.7 Å². The molecule has 130 valence electrons. The molecule has 4 nitrogen and oxygen atoms in total. The summed E-state index contributed by atoms with van der Waals surface area (Å²) < 4.78 is 51.7. The van der Waals surface area contributed by atoms with Gasteiger partial charge in [0.2, 0.25) is 19.7 Å². The summed E-state index contributed by atoms with van der Waals surface area (Å²) in [5.74, 6) is 0. The van der Waals surface area contributed by atoms with Crippen LogP contribution in [0.15, 0.2) is 68.1 Å². The highest BCUT2D eigenvalue weighted by Crippen LogP contribution is 2.51. The third kappa shape index (κ3) is 1.78. The van der Waals surface area contributed by atoms with Crippen molar-refractivity contribution in [1.29, 1.82) is 0 Å². The standard InChI is InChI=1S/C20H14O4S2/c1-11-3-5-17-13(7-11)15-9-16-14-8-12(2)4-6-18(14)26(23,24)20(16)10-19(15)25(17,21)22/h3-10H,1-2H3. The molecule has 5 rings (SSSR count). The molecule has 0 saturated heterocycles.